The van der Waals surface area contributed by atoms with Crippen LogP contribution in [0.4, 0.5) is 0 Å². The highest BCUT2D eigenvalue weighted by Crippen LogP contribution is 2.19. The first-order valence-corrected chi connectivity index (χ1v) is 8.60. The largest absolute Gasteiger partial charge is 0.481 e. The highest BCUT2D eigenvalue weighted by Gasteiger charge is 2.22. The number of amides is 2. The maximum Gasteiger partial charge on any atom is 0.326 e. The number of aliphatic carboxylic acids is 2. The van der Waals surface area contributed by atoms with Crippen molar-refractivity contribution >= 4 is 34.7 Å². The molecule has 1 aromatic carbocycles. The van der Waals surface area contributed by atoms with Crippen molar-refractivity contribution < 1.29 is 29.4 Å². The molecule has 0 saturated heterocycles. The van der Waals surface area contributed by atoms with E-state index in [1.54, 1.807) is 6.20 Å². The summed E-state index contributed by atoms with van der Waals surface area (Å²) >= 11 is 0. The maximum atomic E-state index is 12.0. The van der Waals surface area contributed by atoms with Crippen molar-refractivity contribution in [2.24, 2.45) is 5.73 Å². The number of hydrogen-bond acceptors (Lipinski definition) is 5. The highest BCUT2D eigenvalue weighted by molar-refractivity contribution is 5.90. The third-order valence-electron chi connectivity index (χ3n) is 4.16. The van der Waals surface area contributed by atoms with Crippen molar-refractivity contribution in [3.05, 3.63) is 36.0 Å². The number of hydrogen-bond donors (Lipinski definition) is 6. The molecule has 0 fully saturated rings. The predicted molar refractivity (Wildman–Crippen MR) is 99.4 cm³/mol. The van der Waals surface area contributed by atoms with E-state index in [2.05, 4.69) is 15.6 Å². The molecule has 150 valence electrons. The van der Waals surface area contributed by atoms with E-state index in [0.717, 1.165) is 16.5 Å². The molecule has 1 heterocycles. The Bertz CT molecular complexity index is 878. The second-order valence-corrected chi connectivity index (χ2v) is 6.28. The van der Waals surface area contributed by atoms with Crippen LogP contribution in [0.3, 0.4) is 0 Å². The number of carbonyl (C=O) groups is 4. The lowest BCUT2D eigenvalue weighted by molar-refractivity contribution is -0.141. The van der Waals surface area contributed by atoms with Gasteiger partial charge in [0.2, 0.25) is 11.8 Å². The lowest BCUT2D eigenvalue weighted by atomic mass is 10.0. The number of nitrogens with one attached hydrogen (secondary N) is 3. The minimum atomic E-state index is -1.21. The summed E-state index contributed by atoms with van der Waals surface area (Å²) in [5, 5.41) is 23.5. The Hall–Kier alpha value is -3.40. The van der Waals surface area contributed by atoms with Crippen LogP contribution in [0.5, 0.6) is 0 Å². The summed E-state index contributed by atoms with van der Waals surface area (Å²) in [6, 6.07) is 5.14. The summed E-state index contributed by atoms with van der Waals surface area (Å²) in [5.41, 5.74) is 7.14. The van der Waals surface area contributed by atoms with Crippen LogP contribution < -0.4 is 16.4 Å². The number of H-pyrrole nitrogens is 1. The molecule has 7 N–H and O–H groups in total. The van der Waals surface area contributed by atoms with E-state index in [1.165, 1.54) is 0 Å². The number of carboxylic acid groups (broad SMARTS) is 2. The van der Waals surface area contributed by atoms with Gasteiger partial charge in [-0.25, -0.2) is 4.79 Å². The molecule has 10 nitrogen and oxygen atoms in total. The van der Waals surface area contributed by atoms with E-state index >= 15 is 0 Å². The molecular weight excluding hydrogens is 368 g/mol. The third-order valence-corrected chi connectivity index (χ3v) is 4.16. The van der Waals surface area contributed by atoms with Gasteiger partial charge in [0.05, 0.1) is 12.6 Å². The van der Waals surface area contributed by atoms with Crippen molar-refractivity contribution in [3.8, 4) is 0 Å². The van der Waals surface area contributed by atoms with Gasteiger partial charge in [0.25, 0.3) is 0 Å². The lowest BCUT2D eigenvalue weighted by Gasteiger charge is -2.15. The monoisotopic (exact) mass is 390 g/mol. The van der Waals surface area contributed by atoms with E-state index in [9.17, 15) is 24.3 Å². The van der Waals surface area contributed by atoms with Crippen LogP contribution in [0.15, 0.2) is 30.5 Å². The van der Waals surface area contributed by atoms with Gasteiger partial charge in [0, 0.05) is 29.9 Å². The second kappa shape index (κ2) is 9.51. The Morgan fingerprint density at radius 1 is 1.14 bits per heavy atom. The van der Waals surface area contributed by atoms with Crippen molar-refractivity contribution in [1.29, 1.82) is 0 Å². The molecule has 2 unspecified atom stereocenters. The van der Waals surface area contributed by atoms with Crippen molar-refractivity contribution in [1.82, 2.24) is 15.6 Å². The number of para-hydroxylation sites is 1. The van der Waals surface area contributed by atoms with Crippen LogP contribution in [0.25, 0.3) is 10.9 Å². The zero-order chi connectivity index (χ0) is 20.7. The Kier molecular flexibility index (Phi) is 7.10. The van der Waals surface area contributed by atoms with Gasteiger partial charge in [-0.1, -0.05) is 18.2 Å². The Labute approximate surface area is 160 Å². The summed E-state index contributed by atoms with van der Waals surface area (Å²) in [6.07, 6.45) is 1.42. The van der Waals surface area contributed by atoms with Gasteiger partial charge in [-0.15, -0.1) is 0 Å². The summed E-state index contributed by atoms with van der Waals surface area (Å²) in [6.45, 7) is -0.461. The van der Waals surface area contributed by atoms with E-state index in [4.69, 9.17) is 10.8 Å². The van der Waals surface area contributed by atoms with E-state index in [-0.39, 0.29) is 19.3 Å². The van der Waals surface area contributed by atoms with E-state index in [1.807, 2.05) is 24.3 Å². The van der Waals surface area contributed by atoms with Crippen LogP contribution in [0.1, 0.15) is 18.4 Å². The molecule has 0 saturated carbocycles. The Morgan fingerprint density at radius 2 is 1.86 bits per heavy atom. The number of benzene rings is 1. The molecule has 10 heteroatoms. The molecule has 0 bridgehead atoms. The molecule has 0 aliphatic carbocycles. The fourth-order valence-corrected chi connectivity index (χ4v) is 2.67. The lowest BCUT2D eigenvalue weighted by Crippen LogP contribution is -2.49. The van der Waals surface area contributed by atoms with E-state index < -0.39 is 42.4 Å². The Morgan fingerprint density at radius 3 is 2.54 bits per heavy atom. The summed E-state index contributed by atoms with van der Waals surface area (Å²) in [4.78, 5) is 48.8. The van der Waals surface area contributed by atoms with Gasteiger partial charge >= 0.3 is 11.9 Å². The first-order valence-electron chi connectivity index (χ1n) is 8.60. The number of carbonyl (C=O) groups excluding carboxylic acids is 2. The number of aromatic amines is 1. The molecule has 0 aliphatic rings. The van der Waals surface area contributed by atoms with Gasteiger partial charge in [0.1, 0.15) is 6.04 Å². The van der Waals surface area contributed by atoms with Crippen LogP contribution in [-0.2, 0) is 25.6 Å². The molecule has 0 aliphatic heterocycles. The van der Waals surface area contributed by atoms with Crippen LogP contribution in [-0.4, -0.2) is 57.6 Å². The number of fused-ring (bicyclic) bond motifs is 1. The predicted octanol–water partition coefficient (Wildman–Crippen LogP) is -0.412. The molecule has 2 aromatic rings. The smallest absolute Gasteiger partial charge is 0.326 e. The SMILES string of the molecule is NC(CCC(=O)O)C(=O)NCC(=O)NC(Cc1c[nH]c2ccccc12)C(=O)O. The third kappa shape index (κ3) is 5.81. The topological polar surface area (TPSA) is 175 Å². The number of aromatic nitrogens is 1. The van der Waals surface area contributed by atoms with Crippen LogP contribution >= 0.6 is 0 Å². The quantitative estimate of drug-likeness (QED) is 0.319. The molecule has 0 radical (unpaired) electrons. The molecule has 2 atom stereocenters. The second-order valence-electron chi connectivity index (χ2n) is 6.28. The summed E-state index contributed by atoms with van der Waals surface area (Å²) < 4.78 is 0. The number of nitrogens with two attached hydrogens (primary N) is 1. The minimum absolute atomic E-state index is 0.0666. The normalized spacial score (nSPS) is 12.9. The summed E-state index contributed by atoms with van der Waals surface area (Å²) in [7, 11) is 0. The first-order chi connectivity index (χ1) is 13.3. The van der Waals surface area contributed by atoms with Crippen molar-refractivity contribution in [2.75, 3.05) is 6.54 Å². The highest BCUT2D eigenvalue weighted by atomic mass is 16.4. The Balaban J connectivity index is 1.89. The minimum Gasteiger partial charge on any atom is -0.481 e. The van der Waals surface area contributed by atoms with Gasteiger partial charge in [-0.05, 0) is 18.1 Å². The van der Waals surface area contributed by atoms with Crippen LogP contribution in [0.2, 0.25) is 0 Å². The van der Waals surface area contributed by atoms with Crippen molar-refractivity contribution in [3.63, 3.8) is 0 Å². The molecule has 0 spiro atoms. The molecule has 1 aromatic heterocycles. The molecule has 2 amide bonds. The molecular formula is C18H22N4O6. The number of rotatable bonds is 10. The van der Waals surface area contributed by atoms with Gasteiger partial charge < -0.3 is 31.6 Å². The zero-order valence-electron chi connectivity index (χ0n) is 15.0. The van der Waals surface area contributed by atoms with Crippen LogP contribution in [0, 0.1) is 0 Å². The van der Waals surface area contributed by atoms with Gasteiger partial charge in [-0.2, -0.15) is 0 Å². The van der Waals surface area contributed by atoms with Gasteiger partial charge in [0.15, 0.2) is 0 Å². The zero-order valence-corrected chi connectivity index (χ0v) is 15.0. The standard InChI is InChI=1S/C18H22N4O6/c19-12(5-6-16(24)25)17(26)21-9-15(23)22-14(18(27)28)7-10-8-20-13-4-2-1-3-11(10)13/h1-4,8,12,14,20H,5-7,9,19H2,(H,21,26)(H,22,23)(H,24,25)(H,27,28). The maximum absolute atomic E-state index is 12.0. The summed E-state index contributed by atoms with van der Waals surface area (Å²) in [5.74, 6) is -3.66. The van der Waals surface area contributed by atoms with Crippen molar-refractivity contribution in [2.45, 2.75) is 31.3 Å². The fraction of sp³-hybridized carbons (Fsp3) is 0.333. The average molecular weight is 390 g/mol. The van der Waals surface area contributed by atoms with Gasteiger partial charge in [-0.3, -0.25) is 14.4 Å². The fourth-order valence-electron chi connectivity index (χ4n) is 2.67. The first kappa shape index (κ1) is 20.9. The molecule has 2 rings (SSSR count). The van der Waals surface area contributed by atoms with E-state index in [0.29, 0.717) is 0 Å². The average Bonchev–Trinajstić information content (AvgIpc) is 3.06. The number of carboxylic acids is 2. The molecule has 28 heavy (non-hydrogen) atoms.